The largest absolute Gasteiger partial charge is 0.489 e. The molecule has 5 heteroatoms. The molecule has 17 heavy (non-hydrogen) atoms. The molecule has 2 rings (SSSR count). The van der Waals surface area contributed by atoms with Crippen LogP contribution in [0.25, 0.3) is 0 Å². The van der Waals surface area contributed by atoms with Crippen molar-refractivity contribution >= 4 is 5.97 Å². The number of carbonyl (C=O) groups is 1. The van der Waals surface area contributed by atoms with E-state index >= 15 is 0 Å². The predicted molar refractivity (Wildman–Crippen MR) is 57.8 cm³/mol. The van der Waals surface area contributed by atoms with Crippen LogP contribution in [0.1, 0.15) is 23.2 Å². The maximum Gasteiger partial charge on any atom is 0.342 e. The lowest BCUT2D eigenvalue weighted by molar-refractivity contribution is 0.0247. The van der Waals surface area contributed by atoms with Crippen LogP contribution >= 0.6 is 0 Å². The molecule has 1 heterocycles. The summed E-state index contributed by atoms with van der Waals surface area (Å²) in [6.07, 6.45) is 1.27. The minimum Gasteiger partial charge on any atom is -0.489 e. The van der Waals surface area contributed by atoms with Crippen LogP contribution in [0.5, 0.6) is 5.75 Å². The average molecular weight is 240 g/mol. The summed E-state index contributed by atoms with van der Waals surface area (Å²) < 4.78 is 24.1. The third kappa shape index (κ3) is 2.74. The van der Waals surface area contributed by atoms with Crippen LogP contribution in [0.2, 0.25) is 0 Å². The number of halogens is 1. The van der Waals surface area contributed by atoms with Crippen molar-refractivity contribution in [2.45, 2.75) is 18.9 Å². The lowest BCUT2D eigenvalue weighted by Crippen LogP contribution is -2.26. The molecule has 1 N–H and O–H groups in total. The molecule has 0 atom stereocenters. The van der Waals surface area contributed by atoms with Crippen LogP contribution in [0.15, 0.2) is 18.2 Å². The second-order valence-electron chi connectivity index (χ2n) is 3.85. The molecule has 4 nitrogen and oxygen atoms in total. The van der Waals surface area contributed by atoms with Crippen molar-refractivity contribution in [2.75, 3.05) is 13.2 Å². The lowest BCUT2D eigenvalue weighted by Gasteiger charge is -2.24. The number of carboxylic acid groups (broad SMARTS) is 1. The molecule has 92 valence electrons. The van der Waals surface area contributed by atoms with Gasteiger partial charge in [-0.1, -0.05) is 6.07 Å². The summed E-state index contributed by atoms with van der Waals surface area (Å²) in [4.78, 5) is 10.9. The first-order valence-electron chi connectivity index (χ1n) is 5.44. The molecule has 0 aliphatic carbocycles. The highest BCUT2D eigenvalue weighted by Crippen LogP contribution is 2.24. The van der Waals surface area contributed by atoms with Crippen LogP contribution in [-0.2, 0) is 4.74 Å². The first-order chi connectivity index (χ1) is 8.18. The highest BCUT2D eigenvalue weighted by atomic mass is 19.1. The van der Waals surface area contributed by atoms with Gasteiger partial charge in [-0.15, -0.1) is 0 Å². The van der Waals surface area contributed by atoms with E-state index in [0.29, 0.717) is 26.1 Å². The van der Waals surface area contributed by atoms with Gasteiger partial charge in [0.15, 0.2) is 0 Å². The summed E-state index contributed by atoms with van der Waals surface area (Å²) in [7, 11) is 0. The third-order valence-corrected chi connectivity index (χ3v) is 2.65. The number of ether oxygens (including phenoxy) is 2. The minimum absolute atomic E-state index is 0.0874. The van der Waals surface area contributed by atoms with Crippen molar-refractivity contribution in [3.8, 4) is 5.75 Å². The Kier molecular flexibility index (Phi) is 3.58. The maximum absolute atomic E-state index is 13.4. The molecule has 0 unspecified atom stereocenters. The minimum atomic E-state index is -1.31. The number of rotatable bonds is 3. The monoisotopic (exact) mass is 240 g/mol. The molecule has 1 aromatic carbocycles. The van der Waals surface area contributed by atoms with E-state index in [-0.39, 0.29) is 11.9 Å². The molecule has 1 saturated heterocycles. The summed E-state index contributed by atoms with van der Waals surface area (Å²) >= 11 is 0. The van der Waals surface area contributed by atoms with Gasteiger partial charge in [0.05, 0.1) is 13.2 Å². The van der Waals surface area contributed by atoms with E-state index in [1.165, 1.54) is 12.1 Å². The maximum atomic E-state index is 13.4. The van der Waals surface area contributed by atoms with E-state index in [1.54, 1.807) is 0 Å². The van der Waals surface area contributed by atoms with Crippen molar-refractivity contribution in [3.63, 3.8) is 0 Å². The smallest absolute Gasteiger partial charge is 0.342 e. The van der Waals surface area contributed by atoms with Gasteiger partial charge in [0.25, 0.3) is 0 Å². The molecule has 1 aromatic rings. The fourth-order valence-electron chi connectivity index (χ4n) is 1.78. The average Bonchev–Trinajstić information content (AvgIpc) is 2.30. The quantitative estimate of drug-likeness (QED) is 0.878. The van der Waals surface area contributed by atoms with Gasteiger partial charge in [-0.25, -0.2) is 9.18 Å². The van der Waals surface area contributed by atoms with E-state index in [0.717, 1.165) is 6.07 Å². The first-order valence-corrected chi connectivity index (χ1v) is 5.44. The van der Waals surface area contributed by atoms with Crippen molar-refractivity contribution < 1.29 is 23.8 Å². The Bertz CT molecular complexity index is 413. The van der Waals surface area contributed by atoms with Gasteiger partial charge in [0.1, 0.15) is 23.2 Å². The summed E-state index contributed by atoms with van der Waals surface area (Å²) in [6.45, 7) is 1.17. The highest BCUT2D eigenvalue weighted by Gasteiger charge is 2.21. The topological polar surface area (TPSA) is 55.8 Å². The molecule has 0 radical (unpaired) electrons. The predicted octanol–water partition coefficient (Wildman–Crippen LogP) is 2.08. The highest BCUT2D eigenvalue weighted by molar-refractivity contribution is 5.91. The van der Waals surface area contributed by atoms with E-state index in [1.807, 2.05) is 0 Å². The molecule has 0 saturated carbocycles. The van der Waals surface area contributed by atoms with Crippen LogP contribution in [0, 0.1) is 5.82 Å². The summed E-state index contributed by atoms with van der Waals surface area (Å²) in [6, 6.07) is 4.03. The van der Waals surface area contributed by atoms with Gasteiger partial charge in [-0.3, -0.25) is 0 Å². The molecule has 0 aromatic heterocycles. The van der Waals surface area contributed by atoms with Gasteiger partial charge in [-0.05, 0) is 12.1 Å². The van der Waals surface area contributed by atoms with E-state index < -0.39 is 17.3 Å². The van der Waals surface area contributed by atoms with Crippen molar-refractivity contribution in [2.24, 2.45) is 0 Å². The van der Waals surface area contributed by atoms with Crippen molar-refractivity contribution in [3.05, 3.63) is 29.6 Å². The zero-order valence-corrected chi connectivity index (χ0v) is 9.19. The summed E-state index contributed by atoms with van der Waals surface area (Å²) in [5.74, 6) is -2.00. The number of carboxylic acids is 1. The van der Waals surface area contributed by atoms with Crippen LogP contribution in [0.3, 0.4) is 0 Å². The Morgan fingerprint density at radius 2 is 2.12 bits per heavy atom. The Morgan fingerprint density at radius 1 is 1.41 bits per heavy atom. The Hall–Kier alpha value is -1.62. The van der Waals surface area contributed by atoms with E-state index in [9.17, 15) is 9.18 Å². The second-order valence-corrected chi connectivity index (χ2v) is 3.85. The van der Waals surface area contributed by atoms with Crippen LogP contribution in [0.4, 0.5) is 4.39 Å². The van der Waals surface area contributed by atoms with Crippen LogP contribution in [-0.4, -0.2) is 30.4 Å². The number of aromatic carboxylic acids is 1. The number of hydrogen-bond acceptors (Lipinski definition) is 3. The fraction of sp³-hybridized carbons (Fsp3) is 0.417. The SMILES string of the molecule is O=C(O)c1c(F)cccc1OC1CCOCC1. The molecule has 0 bridgehead atoms. The van der Waals surface area contributed by atoms with Gasteiger partial charge in [-0.2, -0.15) is 0 Å². The standard InChI is InChI=1S/C12H13FO4/c13-9-2-1-3-10(11(9)12(14)15)17-8-4-6-16-7-5-8/h1-3,8H,4-7H2,(H,14,15). The Morgan fingerprint density at radius 3 is 2.76 bits per heavy atom. The Balaban J connectivity index is 2.19. The summed E-state index contributed by atoms with van der Waals surface area (Å²) in [5, 5.41) is 8.93. The number of hydrogen-bond donors (Lipinski definition) is 1. The molecule has 1 aliphatic rings. The second kappa shape index (κ2) is 5.14. The van der Waals surface area contributed by atoms with Gasteiger partial charge in [0, 0.05) is 12.8 Å². The zero-order chi connectivity index (χ0) is 12.3. The Labute approximate surface area is 98.0 Å². The fourth-order valence-corrected chi connectivity index (χ4v) is 1.78. The van der Waals surface area contributed by atoms with Crippen molar-refractivity contribution in [1.82, 2.24) is 0 Å². The van der Waals surface area contributed by atoms with Gasteiger partial charge >= 0.3 is 5.97 Å². The van der Waals surface area contributed by atoms with Gasteiger partial charge in [0.2, 0.25) is 0 Å². The first kappa shape index (κ1) is 11.9. The van der Waals surface area contributed by atoms with E-state index in [2.05, 4.69) is 0 Å². The molecule has 0 spiro atoms. The number of benzene rings is 1. The molecular weight excluding hydrogens is 227 g/mol. The van der Waals surface area contributed by atoms with E-state index in [4.69, 9.17) is 14.6 Å². The summed E-state index contributed by atoms with van der Waals surface area (Å²) in [5.41, 5.74) is -0.404. The zero-order valence-electron chi connectivity index (χ0n) is 9.19. The third-order valence-electron chi connectivity index (χ3n) is 2.65. The molecule has 1 fully saturated rings. The molecule has 1 aliphatic heterocycles. The van der Waals surface area contributed by atoms with Crippen LogP contribution < -0.4 is 4.74 Å². The van der Waals surface area contributed by atoms with Gasteiger partial charge < -0.3 is 14.6 Å². The molecular formula is C12H13FO4. The van der Waals surface area contributed by atoms with Crippen molar-refractivity contribution in [1.29, 1.82) is 0 Å². The normalized spacial score (nSPS) is 16.8. The lowest BCUT2D eigenvalue weighted by atomic mass is 10.1. The molecule has 0 amide bonds.